The zero-order chi connectivity index (χ0) is 12.3. The molecule has 1 fully saturated rings. The number of carbonyl (C=O) groups excluding carboxylic acids is 1. The molecule has 88 valence electrons. The van der Waals surface area contributed by atoms with Crippen molar-refractivity contribution in [2.45, 2.75) is 19.4 Å². The summed E-state index contributed by atoms with van der Waals surface area (Å²) in [5, 5.41) is 11.5. The molecule has 2 rings (SSSR count). The molecule has 1 unspecified atom stereocenters. The molecule has 0 bridgehead atoms. The highest BCUT2D eigenvalue weighted by Gasteiger charge is 2.28. The van der Waals surface area contributed by atoms with Gasteiger partial charge in [-0.1, -0.05) is 6.92 Å². The Bertz CT molecular complexity index is 450. The first-order valence-corrected chi connectivity index (χ1v) is 5.52. The van der Waals surface area contributed by atoms with Crippen molar-refractivity contribution in [3.8, 4) is 6.07 Å². The highest BCUT2D eigenvalue weighted by Crippen LogP contribution is 2.16. The van der Waals surface area contributed by atoms with E-state index in [9.17, 15) is 4.79 Å². The molecule has 1 atom stereocenters. The van der Waals surface area contributed by atoms with Crippen LogP contribution in [-0.4, -0.2) is 35.0 Å². The van der Waals surface area contributed by atoms with E-state index in [0.717, 1.165) is 0 Å². The largest absolute Gasteiger partial charge is 0.353 e. The number of nitrogens with one attached hydrogen (secondary N) is 1. The minimum atomic E-state index is -0.203. The second-order valence-corrected chi connectivity index (χ2v) is 3.78. The normalized spacial score (nSPS) is 19.6. The van der Waals surface area contributed by atoms with Gasteiger partial charge in [0.15, 0.2) is 5.69 Å². The average molecular weight is 231 g/mol. The number of piperazine rings is 1. The monoisotopic (exact) mass is 231 g/mol. The van der Waals surface area contributed by atoms with E-state index >= 15 is 0 Å². The van der Waals surface area contributed by atoms with E-state index in [2.05, 4.69) is 15.3 Å². The standard InChI is InChI=1S/C11H13N5O/c1-2-9-11(17)13-3-4-16(9)10-7-14-8(5-12)6-15-10/h6-7,9H,2-4H2,1H3,(H,13,17). The van der Waals surface area contributed by atoms with Gasteiger partial charge in [-0.3, -0.25) is 4.79 Å². The smallest absolute Gasteiger partial charge is 0.242 e. The molecule has 1 aliphatic rings. The third kappa shape index (κ3) is 2.18. The van der Waals surface area contributed by atoms with Crippen molar-refractivity contribution in [1.82, 2.24) is 15.3 Å². The predicted molar refractivity (Wildman–Crippen MR) is 61.2 cm³/mol. The molecule has 6 nitrogen and oxygen atoms in total. The molecule has 1 amide bonds. The SMILES string of the molecule is CCC1C(=O)NCCN1c1cnc(C#N)cn1. The minimum Gasteiger partial charge on any atom is -0.353 e. The summed E-state index contributed by atoms with van der Waals surface area (Å²) in [6.45, 7) is 3.28. The van der Waals surface area contributed by atoms with E-state index < -0.39 is 0 Å². The highest BCUT2D eigenvalue weighted by molar-refractivity contribution is 5.86. The van der Waals surface area contributed by atoms with Gasteiger partial charge in [0.05, 0.1) is 12.4 Å². The molecule has 1 aliphatic heterocycles. The lowest BCUT2D eigenvalue weighted by atomic mass is 10.1. The number of hydrogen-bond donors (Lipinski definition) is 1. The molecule has 0 aromatic carbocycles. The number of nitrogens with zero attached hydrogens (tertiary/aromatic N) is 4. The zero-order valence-electron chi connectivity index (χ0n) is 9.55. The number of amides is 1. The first-order valence-electron chi connectivity index (χ1n) is 5.52. The Labute approximate surface area is 99.3 Å². The van der Waals surface area contributed by atoms with Crippen LogP contribution in [0.2, 0.25) is 0 Å². The Morgan fingerprint density at radius 3 is 3.00 bits per heavy atom. The van der Waals surface area contributed by atoms with E-state index in [1.807, 2.05) is 17.9 Å². The van der Waals surface area contributed by atoms with E-state index in [4.69, 9.17) is 5.26 Å². The van der Waals surface area contributed by atoms with Crippen molar-refractivity contribution < 1.29 is 4.79 Å². The van der Waals surface area contributed by atoms with E-state index in [0.29, 0.717) is 25.3 Å². The second-order valence-electron chi connectivity index (χ2n) is 3.78. The molecule has 0 saturated carbocycles. The summed E-state index contributed by atoms with van der Waals surface area (Å²) in [5.41, 5.74) is 0.281. The molecular weight excluding hydrogens is 218 g/mol. The van der Waals surface area contributed by atoms with Gasteiger partial charge in [0.1, 0.15) is 17.9 Å². The maximum absolute atomic E-state index is 11.7. The fourth-order valence-corrected chi connectivity index (χ4v) is 1.92. The van der Waals surface area contributed by atoms with Gasteiger partial charge in [-0.15, -0.1) is 0 Å². The summed E-state index contributed by atoms with van der Waals surface area (Å²) in [6.07, 6.45) is 3.68. The zero-order valence-corrected chi connectivity index (χ0v) is 9.55. The number of carbonyl (C=O) groups is 1. The molecule has 2 heterocycles. The minimum absolute atomic E-state index is 0.0184. The first kappa shape index (κ1) is 11.3. The third-order valence-corrected chi connectivity index (χ3v) is 2.76. The van der Waals surface area contributed by atoms with Crippen LogP contribution in [-0.2, 0) is 4.79 Å². The van der Waals surface area contributed by atoms with Crippen molar-refractivity contribution in [1.29, 1.82) is 5.26 Å². The van der Waals surface area contributed by atoms with Crippen LogP contribution in [0.15, 0.2) is 12.4 Å². The average Bonchev–Trinajstić information content (AvgIpc) is 2.38. The summed E-state index contributed by atoms with van der Waals surface area (Å²) >= 11 is 0. The lowest BCUT2D eigenvalue weighted by Crippen LogP contribution is -2.55. The Morgan fingerprint density at radius 1 is 1.59 bits per heavy atom. The third-order valence-electron chi connectivity index (χ3n) is 2.76. The van der Waals surface area contributed by atoms with Gasteiger partial charge in [-0.2, -0.15) is 5.26 Å². The molecule has 17 heavy (non-hydrogen) atoms. The molecule has 6 heteroatoms. The molecule has 0 aliphatic carbocycles. The number of anilines is 1. The van der Waals surface area contributed by atoms with Crippen molar-refractivity contribution in [3.63, 3.8) is 0 Å². The van der Waals surface area contributed by atoms with Crippen LogP contribution in [0, 0.1) is 11.3 Å². The Balaban J connectivity index is 2.25. The van der Waals surface area contributed by atoms with Gasteiger partial charge < -0.3 is 10.2 Å². The van der Waals surface area contributed by atoms with Gasteiger partial charge in [-0.25, -0.2) is 9.97 Å². The summed E-state index contributed by atoms with van der Waals surface area (Å²) < 4.78 is 0. The predicted octanol–water partition coefficient (Wildman–Crippen LogP) is 0.0631. The van der Waals surface area contributed by atoms with Crippen LogP contribution in [0.4, 0.5) is 5.82 Å². The van der Waals surface area contributed by atoms with Crippen LogP contribution in [0.1, 0.15) is 19.0 Å². The molecule has 1 aromatic rings. The van der Waals surface area contributed by atoms with Crippen LogP contribution in [0.25, 0.3) is 0 Å². The van der Waals surface area contributed by atoms with Gasteiger partial charge in [-0.05, 0) is 6.42 Å². The summed E-state index contributed by atoms with van der Waals surface area (Å²) in [6, 6.07) is 1.72. The quantitative estimate of drug-likeness (QED) is 0.778. The van der Waals surface area contributed by atoms with Crippen molar-refractivity contribution in [2.24, 2.45) is 0 Å². The number of hydrogen-bond acceptors (Lipinski definition) is 5. The van der Waals surface area contributed by atoms with Crippen LogP contribution >= 0.6 is 0 Å². The first-order chi connectivity index (χ1) is 8.26. The van der Waals surface area contributed by atoms with Crippen molar-refractivity contribution in [2.75, 3.05) is 18.0 Å². The maximum Gasteiger partial charge on any atom is 0.242 e. The molecular formula is C11H13N5O. The number of rotatable bonds is 2. The fourth-order valence-electron chi connectivity index (χ4n) is 1.92. The highest BCUT2D eigenvalue weighted by atomic mass is 16.2. The topological polar surface area (TPSA) is 81.9 Å². The molecule has 0 spiro atoms. The van der Waals surface area contributed by atoms with E-state index in [-0.39, 0.29) is 17.6 Å². The Hall–Kier alpha value is -2.16. The number of nitriles is 1. The van der Waals surface area contributed by atoms with E-state index in [1.54, 1.807) is 6.20 Å². The summed E-state index contributed by atoms with van der Waals surface area (Å²) in [7, 11) is 0. The number of aromatic nitrogens is 2. The fraction of sp³-hybridized carbons (Fsp3) is 0.455. The second kappa shape index (κ2) is 4.78. The molecule has 1 saturated heterocycles. The van der Waals surface area contributed by atoms with Crippen LogP contribution < -0.4 is 10.2 Å². The van der Waals surface area contributed by atoms with Crippen molar-refractivity contribution in [3.05, 3.63) is 18.1 Å². The Kier molecular flexibility index (Phi) is 3.19. The van der Waals surface area contributed by atoms with Gasteiger partial charge >= 0.3 is 0 Å². The molecule has 1 aromatic heterocycles. The van der Waals surface area contributed by atoms with Crippen LogP contribution in [0.3, 0.4) is 0 Å². The Morgan fingerprint density at radius 2 is 2.41 bits per heavy atom. The molecule has 0 radical (unpaired) electrons. The lowest BCUT2D eigenvalue weighted by Gasteiger charge is -2.35. The van der Waals surface area contributed by atoms with Crippen molar-refractivity contribution >= 4 is 11.7 Å². The maximum atomic E-state index is 11.7. The van der Waals surface area contributed by atoms with Gasteiger partial charge in [0.2, 0.25) is 5.91 Å². The van der Waals surface area contributed by atoms with Crippen LogP contribution in [0.5, 0.6) is 0 Å². The molecule has 1 N–H and O–H groups in total. The summed E-state index contributed by atoms with van der Waals surface area (Å²) in [4.78, 5) is 21.7. The lowest BCUT2D eigenvalue weighted by molar-refractivity contribution is -0.123. The van der Waals surface area contributed by atoms with Gasteiger partial charge in [0, 0.05) is 13.1 Å². The van der Waals surface area contributed by atoms with Gasteiger partial charge in [0.25, 0.3) is 0 Å². The van der Waals surface area contributed by atoms with E-state index in [1.165, 1.54) is 6.20 Å². The summed E-state index contributed by atoms with van der Waals surface area (Å²) in [5.74, 6) is 0.663.